The number of piperidine rings is 1. The van der Waals surface area contributed by atoms with E-state index in [4.69, 9.17) is 9.72 Å². The summed E-state index contributed by atoms with van der Waals surface area (Å²) < 4.78 is 6.52. The number of nitrogens with zero attached hydrogens (tertiary/aromatic N) is 6. The first-order chi connectivity index (χ1) is 12.7. The minimum absolute atomic E-state index is 0.579. The second-order valence-electron chi connectivity index (χ2n) is 6.54. The minimum atomic E-state index is 0.579. The van der Waals surface area contributed by atoms with E-state index < -0.39 is 0 Å². The lowest BCUT2D eigenvalue weighted by atomic mass is 9.96. The monoisotopic (exact) mass is 370 g/mol. The summed E-state index contributed by atoms with van der Waals surface area (Å²) in [4.78, 5) is 22.1. The van der Waals surface area contributed by atoms with Crippen molar-refractivity contribution >= 4 is 32.5 Å². The van der Waals surface area contributed by atoms with Gasteiger partial charge in [-0.3, -0.25) is 4.98 Å². The van der Waals surface area contributed by atoms with Crippen molar-refractivity contribution in [1.29, 1.82) is 0 Å². The zero-order valence-corrected chi connectivity index (χ0v) is 15.8. The SMILES string of the molecule is COc1nccnc1N(C)CC1CCN(c2nc3cnccc3s2)CC1. The predicted molar refractivity (Wildman–Crippen MR) is 104 cm³/mol. The van der Waals surface area contributed by atoms with E-state index in [0.29, 0.717) is 11.8 Å². The average Bonchev–Trinajstić information content (AvgIpc) is 3.12. The number of ether oxygens (including phenoxy) is 1. The Morgan fingerprint density at radius 3 is 2.81 bits per heavy atom. The van der Waals surface area contributed by atoms with Gasteiger partial charge >= 0.3 is 0 Å². The molecular weight excluding hydrogens is 348 g/mol. The highest BCUT2D eigenvalue weighted by atomic mass is 32.1. The Hall–Kier alpha value is -2.48. The van der Waals surface area contributed by atoms with Crippen molar-refractivity contribution in [2.75, 3.05) is 43.6 Å². The van der Waals surface area contributed by atoms with Crippen LogP contribution in [0.5, 0.6) is 5.88 Å². The number of methoxy groups -OCH3 is 1. The maximum atomic E-state index is 5.32. The van der Waals surface area contributed by atoms with Crippen LogP contribution in [0, 0.1) is 5.92 Å². The number of fused-ring (bicyclic) bond motifs is 1. The predicted octanol–water partition coefficient (Wildman–Crippen LogP) is 2.84. The summed E-state index contributed by atoms with van der Waals surface area (Å²) in [5.74, 6) is 2.01. The lowest BCUT2D eigenvalue weighted by Gasteiger charge is -2.34. The van der Waals surface area contributed by atoms with E-state index in [1.807, 2.05) is 18.5 Å². The van der Waals surface area contributed by atoms with Crippen LogP contribution in [0.15, 0.2) is 30.9 Å². The number of anilines is 2. The Kier molecular flexibility index (Phi) is 4.83. The number of thiazole rings is 1. The summed E-state index contributed by atoms with van der Waals surface area (Å²) in [6.45, 7) is 3.01. The number of aromatic nitrogens is 4. The molecule has 1 fully saturated rings. The third kappa shape index (κ3) is 3.41. The van der Waals surface area contributed by atoms with Gasteiger partial charge in [0.15, 0.2) is 10.9 Å². The van der Waals surface area contributed by atoms with Crippen LogP contribution in [0.25, 0.3) is 10.2 Å². The highest BCUT2D eigenvalue weighted by molar-refractivity contribution is 7.22. The fourth-order valence-corrected chi connectivity index (χ4v) is 4.39. The van der Waals surface area contributed by atoms with Gasteiger partial charge < -0.3 is 14.5 Å². The molecule has 1 aliphatic rings. The molecule has 136 valence electrons. The van der Waals surface area contributed by atoms with Crippen molar-refractivity contribution < 1.29 is 4.74 Å². The van der Waals surface area contributed by atoms with Gasteiger partial charge in [0, 0.05) is 45.3 Å². The van der Waals surface area contributed by atoms with Crippen molar-refractivity contribution in [3.05, 3.63) is 30.9 Å². The van der Waals surface area contributed by atoms with Gasteiger partial charge in [-0.1, -0.05) is 11.3 Å². The first kappa shape index (κ1) is 17.0. The average molecular weight is 370 g/mol. The lowest BCUT2D eigenvalue weighted by Crippen LogP contribution is -2.38. The summed E-state index contributed by atoms with van der Waals surface area (Å²) in [6.07, 6.45) is 9.31. The molecular formula is C18H22N6OS. The number of rotatable bonds is 5. The Morgan fingerprint density at radius 1 is 1.23 bits per heavy atom. The van der Waals surface area contributed by atoms with E-state index in [-0.39, 0.29) is 0 Å². The van der Waals surface area contributed by atoms with Crippen molar-refractivity contribution in [2.24, 2.45) is 5.92 Å². The lowest BCUT2D eigenvalue weighted by molar-refractivity contribution is 0.387. The molecule has 0 atom stereocenters. The molecule has 4 heterocycles. The van der Waals surface area contributed by atoms with Crippen LogP contribution >= 0.6 is 11.3 Å². The largest absolute Gasteiger partial charge is 0.478 e. The molecule has 4 rings (SSSR count). The molecule has 0 saturated carbocycles. The molecule has 26 heavy (non-hydrogen) atoms. The molecule has 0 N–H and O–H groups in total. The molecule has 0 aliphatic carbocycles. The Morgan fingerprint density at radius 2 is 2.04 bits per heavy atom. The van der Waals surface area contributed by atoms with Gasteiger partial charge in [0.05, 0.1) is 18.0 Å². The van der Waals surface area contributed by atoms with Crippen molar-refractivity contribution in [3.8, 4) is 5.88 Å². The van der Waals surface area contributed by atoms with E-state index in [1.165, 1.54) is 4.70 Å². The number of hydrogen-bond donors (Lipinski definition) is 0. The Bertz CT molecular complexity index is 844. The van der Waals surface area contributed by atoms with Crippen LogP contribution in [0.3, 0.4) is 0 Å². The molecule has 1 aliphatic heterocycles. The summed E-state index contributed by atoms with van der Waals surface area (Å²) >= 11 is 1.75. The quantitative estimate of drug-likeness (QED) is 0.684. The van der Waals surface area contributed by atoms with Crippen molar-refractivity contribution in [2.45, 2.75) is 12.8 Å². The molecule has 0 spiro atoms. The topological polar surface area (TPSA) is 67.3 Å². The van der Waals surface area contributed by atoms with Crippen LogP contribution in [0.2, 0.25) is 0 Å². The fourth-order valence-electron chi connectivity index (χ4n) is 3.41. The molecule has 0 radical (unpaired) electrons. The molecule has 8 heteroatoms. The second-order valence-corrected chi connectivity index (χ2v) is 7.55. The molecule has 0 bridgehead atoms. The van der Waals surface area contributed by atoms with Crippen LogP contribution in [0.1, 0.15) is 12.8 Å². The summed E-state index contributed by atoms with van der Waals surface area (Å²) in [5.41, 5.74) is 0.990. The molecule has 3 aromatic rings. The van der Waals surface area contributed by atoms with Gasteiger partial charge in [0.1, 0.15) is 5.52 Å². The maximum absolute atomic E-state index is 5.32. The zero-order chi connectivity index (χ0) is 17.9. The Labute approximate surface area is 156 Å². The molecule has 3 aromatic heterocycles. The highest BCUT2D eigenvalue weighted by Gasteiger charge is 2.24. The van der Waals surface area contributed by atoms with Gasteiger partial charge in [-0.25, -0.2) is 15.0 Å². The van der Waals surface area contributed by atoms with Crippen LogP contribution < -0.4 is 14.5 Å². The van der Waals surface area contributed by atoms with E-state index in [2.05, 4.69) is 31.8 Å². The summed E-state index contributed by atoms with van der Waals surface area (Å²) in [7, 11) is 3.69. The zero-order valence-electron chi connectivity index (χ0n) is 15.0. The first-order valence-electron chi connectivity index (χ1n) is 8.76. The van der Waals surface area contributed by atoms with Gasteiger partial charge in [-0.2, -0.15) is 0 Å². The van der Waals surface area contributed by atoms with Gasteiger partial charge in [-0.15, -0.1) is 0 Å². The van der Waals surface area contributed by atoms with Crippen molar-refractivity contribution in [3.63, 3.8) is 0 Å². The van der Waals surface area contributed by atoms with Gasteiger partial charge in [-0.05, 0) is 24.8 Å². The van der Waals surface area contributed by atoms with Crippen LogP contribution in [-0.2, 0) is 0 Å². The smallest absolute Gasteiger partial charge is 0.257 e. The molecule has 0 amide bonds. The first-order valence-corrected chi connectivity index (χ1v) is 9.58. The third-order valence-electron chi connectivity index (χ3n) is 4.80. The molecule has 0 unspecified atom stereocenters. The number of hydrogen-bond acceptors (Lipinski definition) is 8. The van der Waals surface area contributed by atoms with Gasteiger partial charge in [0.2, 0.25) is 0 Å². The summed E-state index contributed by atoms with van der Waals surface area (Å²) in [5, 5.41) is 1.11. The molecule has 0 aromatic carbocycles. The molecule has 7 nitrogen and oxygen atoms in total. The second kappa shape index (κ2) is 7.41. The number of pyridine rings is 1. The van der Waals surface area contributed by atoms with Gasteiger partial charge in [0.25, 0.3) is 5.88 Å². The minimum Gasteiger partial charge on any atom is -0.478 e. The van der Waals surface area contributed by atoms with Crippen LogP contribution in [-0.4, -0.2) is 53.7 Å². The summed E-state index contributed by atoms with van der Waals surface area (Å²) in [6, 6.07) is 2.03. The van der Waals surface area contributed by atoms with E-state index >= 15 is 0 Å². The Balaban J connectivity index is 1.37. The van der Waals surface area contributed by atoms with E-state index in [9.17, 15) is 0 Å². The standard InChI is InChI=1S/C18H22N6OS/c1-23(16-17(25-2)21-8-7-20-16)12-13-4-9-24(10-5-13)18-22-14-11-19-6-3-15(14)26-18/h3,6-8,11,13H,4-5,9-10,12H2,1-2H3. The third-order valence-corrected chi connectivity index (χ3v) is 5.89. The maximum Gasteiger partial charge on any atom is 0.257 e. The normalized spacial score (nSPS) is 15.4. The van der Waals surface area contributed by atoms with Crippen molar-refractivity contribution in [1.82, 2.24) is 19.9 Å². The van der Waals surface area contributed by atoms with E-state index in [1.54, 1.807) is 30.8 Å². The fraction of sp³-hybridized carbons (Fsp3) is 0.444. The van der Waals surface area contributed by atoms with E-state index in [0.717, 1.165) is 48.9 Å². The molecule has 1 saturated heterocycles. The highest BCUT2D eigenvalue weighted by Crippen LogP contribution is 2.31. The van der Waals surface area contributed by atoms with Crippen LogP contribution in [0.4, 0.5) is 10.9 Å².